The lowest BCUT2D eigenvalue weighted by Gasteiger charge is -2.56. The molecule has 1 amide bonds. The van der Waals surface area contributed by atoms with Gasteiger partial charge in [0.25, 0.3) is 0 Å². The van der Waals surface area contributed by atoms with Gasteiger partial charge < -0.3 is 4.90 Å². The molecule has 3 aliphatic carbocycles. The van der Waals surface area contributed by atoms with E-state index in [1.807, 2.05) is 0 Å². The minimum Gasteiger partial charge on any atom is -0.336 e. The normalized spacial score (nSPS) is 37.8. The van der Waals surface area contributed by atoms with Crippen molar-refractivity contribution in [2.75, 3.05) is 6.54 Å². The summed E-state index contributed by atoms with van der Waals surface area (Å²) in [7, 11) is 0. The SMILES string of the molecule is CC1CCCCN1C(=O)C1=CC[C@@H]2C[C@H]1C2(C)C. The summed E-state index contributed by atoms with van der Waals surface area (Å²) >= 11 is 0. The largest absolute Gasteiger partial charge is 0.336 e. The van der Waals surface area contributed by atoms with Crippen LogP contribution >= 0.6 is 0 Å². The highest BCUT2D eigenvalue weighted by Gasteiger charge is 2.53. The monoisotopic (exact) mass is 247 g/mol. The van der Waals surface area contributed by atoms with Crippen molar-refractivity contribution in [1.82, 2.24) is 4.90 Å². The van der Waals surface area contributed by atoms with Gasteiger partial charge in [0.2, 0.25) is 5.91 Å². The van der Waals surface area contributed by atoms with Crippen LogP contribution in [0.3, 0.4) is 0 Å². The third kappa shape index (κ3) is 1.64. The molecule has 18 heavy (non-hydrogen) atoms. The molecule has 4 rings (SSSR count). The van der Waals surface area contributed by atoms with Gasteiger partial charge in [0.1, 0.15) is 0 Å². The fraction of sp³-hybridized carbons (Fsp3) is 0.812. The number of rotatable bonds is 1. The molecule has 1 saturated carbocycles. The molecule has 0 aromatic heterocycles. The van der Waals surface area contributed by atoms with E-state index in [0.29, 0.717) is 23.3 Å². The van der Waals surface area contributed by atoms with Gasteiger partial charge >= 0.3 is 0 Å². The molecule has 0 radical (unpaired) electrons. The molecule has 2 nitrogen and oxygen atoms in total. The molecule has 1 aliphatic heterocycles. The second-order valence-corrected chi connectivity index (χ2v) is 7.05. The third-order valence-corrected chi connectivity index (χ3v) is 5.78. The molecule has 1 saturated heterocycles. The van der Waals surface area contributed by atoms with E-state index < -0.39 is 0 Å². The number of hydrogen-bond acceptors (Lipinski definition) is 1. The van der Waals surface area contributed by atoms with Crippen LogP contribution in [0, 0.1) is 17.3 Å². The minimum atomic E-state index is 0.346. The Morgan fingerprint density at radius 3 is 2.78 bits per heavy atom. The Labute approximate surface area is 110 Å². The predicted molar refractivity (Wildman–Crippen MR) is 73.1 cm³/mol. The van der Waals surface area contributed by atoms with Gasteiger partial charge in [0, 0.05) is 18.2 Å². The molecule has 0 aromatic rings. The van der Waals surface area contributed by atoms with Crippen LogP contribution in [0.15, 0.2) is 11.6 Å². The maximum Gasteiger partial charge on any atom is 0.249 e. The summed E-state index contributed by atoms with van der Waals surface area (Å²) in [5, 5.41) is 0. The smallest absolute Gasteiger partial charge is 0.249 e. The average molecular weight is 247 g/mol. The second-order valence-electron chi connectivity index (χ2n) is 7.05. The van der Waals surface area contributed by atoms with Crippen molar-refractivity contribution in [3.05, 3.63) is 11.6 Å². The zero-order valence-corrected chi connectivity index (χ0v) is 11.9. The molecule has 2 heteroatoms. The van der Waals surface area contributed by atoms with Crippen LogP contribution in [-0.2, 0) is 4.79 Å². The quantitative estimate of drug-likeness (QED) is 0.695. The van der Waals surface area contributed by atoms with E-state index in [9.17, 15) is 4.79 Å². The zero-order valence-electron chi connectivity index (χ0n) is 11.9. The predicted octanol–water partition coefficient (Wildman–Crippen LogP) is 3.38. The highest BCUT2D eigenvalue weighted by molar-refractivity contribution is 5.95. The van der Waals surface area contributed by atoms with Crippen LogP contribution in [0.25, 0.3) is 0 Å². The summed E-state index contributed by atoms with van der Waals surface area (Å²) in [6, 6.07) is 0.438. The van der Waals surface area contributed by atoms with Crippen molar-refractivity contribution in [3.8, 4) is 0 Å². The summed E-state index contributed by atoms with van der Waals surface area (Å²) < 4.78 is 0. The van der Waals surface area contributed by atoms with Gasteiger partial charge in [-0.1, -0.05) is 19.9 Å². The molecule has 1 unspecified atom stereocenters. The van der Waals surface area contributed by atoms with E-state index in [-0.39, 0.29) is 0 Å². The Morgan fingerprint density at radius 2 is 2.17 bits per heavy atom. The Balaban J connectivity index is 1.79. The Kier molecular flexibility index (Phi) is 2.80. The van der Waals surface area contributed by atoms with Crippen molar-refractivity contribution in [2.45, 2.75) is 58.9 Å². The van der Waals surface area contributed by atoms with Crippen LogP contribution in [0.2, 0.25) is 0 Å². The molecule has 3 atom stereocenters. The van der Waals surface area contributed by atoms with Crippen molar-refractivity contribution >= 4 is 5.91 Å². The summed E-state index contributed by atoms with van der Waals surface area (Å²) in [6.07, 6.45) is 8.24. The standard InChI is InChI=1S/C16H25NO/c1-11-6-4-5-9-17(11)15(18)13-8-7-12-10-14(13)16(12,2)3/h8,11-12,14H,4-7,9-10H2,1-3H3/t11?,12-,14-/m1/s1. The van der Waals surface area contributed by atoms with Crippen molar-refractivity contribution < 1.29 is 4.79 Å². The Bertz CT molecular complexity index is 396. The molecule has 0 N–H and O–H groups in total. The minimum absolute atomic E-state index is 0.346. The average Bonchev–Trinajstić information content (AvgIpc) is 2.38. The first-order valence-corrected chi connectivity index (χ1v) is 7.53. The number of piperidine rings is 1. The number of carbonyl (C=O) groups is 1. The lowest BCUT2D eigenvalue weighted by atomic mass is 9.48. The topological polar surface area (TPSA) is 20.3 Å². The van der Waals surface area contributed by atoms with Crippen LogP contribution < -0.4 is 0 Å². The van der Waals surface area contributed by atoms with Crippen molar-refractivity contribution in [3.63, 3.8) is 0 Å². The van der Waals surface area contributed by atoms with E-state index in [0.717, 1.165) is 24.5 Å². The van der Waals surface area contributed by atoms with Gasteiger partial charge in [-0.25, -0.2) is 0 Å². The van der Waals surface area contributed by atoms with Gasteiger partial charge in [-0.3, -0.25) is 4.79 Å². The molecule has 100 valence electrons. The van der Waals surface area contributed by atoms with Gasteiger partial charge in [-0.2, -0.15) is 0 Å². The van der Waals surface area contributed by atoms with E-state index in [1.165, 1.54) is 25.7 Å². The lowest BCUT2D eigenvalue weighted by Crippen LogP contribution is -2.52. The first-order chi connectivity index (χ1) is 8.51. The molecular formula is C16H25NO. The maximum atomic E-state index is 12.7. The summed E-state index contributed by atoms with van der Waals surface area (Å²) in [5.41, 5.74) is 1.50. The number of likely N-dealkylation sites (tertiary alicyclic amines) is 1. The number of hydrogen-bond donors (Lipinski definition) is 0. The lowest BCUT2D eigenvalue weighted by molar-refractivity contribution is -0.134. The first-order valence-electron chi connectivity index (χ1n) is 7.53. The number of amides is 1. The van der Waals surface area contributed by atoms with Crippen LogP contribution in [0.1, 0.15) is 52.9 Å². The maximum absolute atomic E-state index is 12.7. The Morgan fingerprint density at radius 1 is 1.39 bits per heavy atom. The fourth-order valence-electron chi connectivity index (χ4n) is 4.16. The summed E-state index contributed by atoms with van der Waals surface area (Å²) in [4.78, 5) is 14.9. The van der Waals surface area contributed by atoms with E-state index >= 15 is 0 Å². The van der Waals surface area contributed by atoms with Crippen molar-refractivity contribution in [1.29, 1.82) is 0 Å². The zero-order chi connectivity index (χ0) is 12.9. The van der Waals surface area contributed by atoms with Crippen molar-refractivity contribution in [2.24, 2.45) is 17.3 Å². The molecule has 2 fully saturated rings. The highest BCUT2D eigenvalue weighted by Crippen LogP contribution is 2.59. The van der Waals surface area contributed by atoms with Gasteiger partial charge in [-0.05, 0) is 56.3 Å². The molecule has 1 heterocycles. The summed E-state index contributed by atoms with van der Waals surface area (Å²) in [5.74, 6) is 1.69. The van der Waals surface area contributed by atoms with E-state index in [4.69, 9.17) is 0 Å². The van der Waals surface area contributed by atoms with E-state index in [1.54, 1.807) is 0 Å². The Hall–Kier alpha value is -0.790. The molecule has 0 aromatic carbocycles. The third-order valence-electron chi connectivity index (χ3n) is 5.78. The fourth-order valence-corrected chi connectivity index (χ4v) is 4.16. The molecule has 2 bridgehead atoms. The van der Waals surface area contributed by atoms with Gasteiger partial charge in [0.05, 0.1) is 0 Å². The van der Waals surface area contributed by atoms with Crippen LogP contribution in [0.5, 0.6) is 0 Å². The number of allylic oxidation sites excluding steroid dienone is 1. The molecule has 4 aliphatic rings. The van der Waals surface area contributed by atoms with E-state index in [2.05, 4.69) is 31.7 Å². The van der Waals surface area contributed by atoms with Gasteiger partial charge in [0.15, 0.2) is 0 Å². The van der Waals surface area contributed by atoms with Gasteiger partial charge in [-0.15, -0.1) is 0 Å². The highest BCUT2D eigenvalue weighted by atomic mass is 16.2. The second kappa shape index (κ2) is 4.11. The first kappa shape index (κ1) is 12.3. The summed E-state index contributed by atoms with van der Waals surface area (Å²) in [6.45, 7) is 7.85. The molecular weight excluding hydrogens is 222 g/mol. The van der Waals surface area contributed by atoms with Crippen LogP contribution in [0.4, 0.5) is 0 Å². The number of carbonyl (C=O) groups excluding carboxylic acids is 1. The molecule has 0 spiro atoms. The van der Waals surface area contributed by atoms with Crippen LogP contribution in [-0.4, -0.2) is 23.4 Å². The number of fused-ring (bicyclic) bond motifs is 1. The number of nitrogens with zero attached hydrogens (tertiary/aromatic N) is 1.